The van der Waals surface area contributed by atoms with Gasteiger partial charge in [-0.25, -0.2) is 9.59 Å². The fourth-order valence-electron chi connectivity index (χ4n) is 1.85. The molecule has 3 N–H and O–H groups in total. The Morgan fingerprint density at radius 3 is 2.83 bits per heavy atom. The van der Waals surface area contributed by atoms with Crippen LogP contribution in [0.3, 0.4) is 0 Å². The number of hydrogen-bond acceptors (Lipinski definition) is 4. The van der Waals surface area contributed by atoms with E-state index in [2.05, 4.69) is 5.32 Å². The zero-order chi connectivity index (χ0) is 13.5. The summed E-state index contributed by atoms with van der Waals surface area (Å²) in [6.45, 7) is 2.69. The Labute approximate surface area is 106 Å². The lowest BCUT2D eigenvalue weighted by atomic mass is 10.1. The minimum atomic E-state index is -1.04. The van der Waals surface area contributed by atoms with E-state index in [0.29, 0.717) is 26.0 Å². The molecule has 1 rings (SSSR count). The van der Waals surface area contributed by atoms with Crippen LogP contribution in [0.25, 0.3) is 0 Å². The number of carboxylic acid groups (broad SMARTS) is 1. The van der Waals surface area contributed by atoms with Gasteiger partial charge in [-0.1, -0.05) is 13.3 Å². The molecule has 0 spiro atoms. The van der Waals surface area contributed by atoms with Gasteiger partial charge in [0.1, 0.15) is 6.04 Å². The summed E-state index contributed by atoms with van der Waals surface area (Å²) in [5.74, 6) is -1.04. The number of aliphatic carboxylic acids is 1. The van der Waals surface area contributed by atoms with Gasteiger partial charge in [-0.15, -0.1) is 0 Å². The number of carbonyl (C=O) groups is 2. The van der Waals surface area contributed by atoms with Crippen molar-refractivity contribution >= 4 is 12.0 Å². The second kappa shape index (κ2) is 7.17. The first-order valence-electron chi connectivity index (χ1n) is 6.08. The van der Waals surface area contributed by atoms with Gasteiger partial charge in [-0.3, -0.25) is 0 Å². The van der Waals surface area contributed by atoms with Gasteiger partial charge in [0.2, 0.25) is 0 Å². The number of carbonyl (C=O) groups excluding carboxylic acids is 1. The van der Waals surface area contributed by atoms with Crippen molar-refractivity contribution in [2.24, 2.45) is 0 Å². The molecule has 104 valence electrons. The van der Waals surface area contributed by atoms with Crippen molar-refractivity contribution in [3.8, 4) is 0 Å². The van der Waals surface area contributed by atoms with Crippen molar-refractivity contribution in [2.75, 3.05) is 26.4 Å². The van der Waals surface area contributed by atoms with E-state index >= 15 is 0 Å². The Hall–Kier alpha value is -1.34. The highest BCUT2D eigenvalue weighted by Gasteiger charge is 2.29. The molecule has 0 aromatic carbocycles. The van der Waals surface area contributed by atoms with E-state index in [1.54, 1.807) is 0 Å². The lowest BCUT2D eigenvalue weighted by Crippen LogP contribution is -2.56. The van der Waals surface area contributed by atoms with Gasteiger partial charge in [0, 0.05) is 6.54 Å². The van der Waals surface area contributed by atoms with Crippen LogP contribution in [0.5, 0.6) is 0 Å². The highest BCUT2D eigenvalue weighted by molar-refractivity contribution is 5.82. The van der Waals surface area contributed by atoms with Gasteiger partial charge < -0.3 is 25.2 Å². The minimum Gasteiger partial charge on any atom is -0.480 e. The van der Waals surface area contributed by atoms with Crippen molar-refractivity contribution in [3.05, 3.63) is 0 Å². The van der Waals surface area contributed by atoms with Gasteiger partial charge >= 0.3 is 12.0 Å². The number of rotatable bonds is 5. The molecule has 1 unspecified atom stereocenters. The number of aliphatic hydroxyl groups excluding tert-OH is 1. The van der Waals surface area contributed by atoms with E-state index in [9.17, 15) is 9.59 Å². The zero-order valence-electron chi connectivity index (χ0n) is 10.5. The standard InChI is InChI=1S/C11H20N2O5/c1-2-3-9(10(15)16)12-11(17)13-4-5-18-7-8(13)6-14/h8-9,14H,2-7H2,1H3,(H,12,17)(H,15,16)/t8?,9-/m0/s1. The summed E-state index contributed by atoms with van der Waals surface area (Å²) in [6.07, 6.45) is 1.05. The molecule has 0 aromatic rings. The third kappa shape index (κ3) is 3.85. The average molecular weight is 260 g/mol. The lowest BCUT2D eigenvalue weighted by molar-refractivity contribution is -0.139. The van der Waals surface area contributed by atoms with E-state index in [0.717, 1.165) is 0 Å². The SMILES string of the molecule is CCC[C@H](NC(=O)N1CCOCC1CO)C(=O)O. The summed E-state index contributed by atoms with van der Waals surface area (Å²) in [5.41, 5.74) is 0. The molecule has 0 radical (unpaired) electrons. The predicted octanol–water partition coefficient (Wildman–Crippen LogP) is -0.358. The third-order valence-electron chi connectivity index (χ3n) is 2.87. The van der Waals surface area contributed by atoms with Crippen LogP contribution in [0.2, 0.25) is 0 Å². The topological polar surface area (TPSA) is 99.1 Å². The van der Waals surface area contributed by atoms with Crippen LogP contribution in [0, 0.1) is 0 Å². The smallest absolute Gasteiger partial charge is 0.326 e. The molecule has 2 amide bonds. The number of hydrogen-bond donors (Lipinski definition) is 3. The van der Waals surface area contributed by atoms with Crippen LogP contribution in [0.15, 0.2) is 0 Å². The van der Waals surface area contributed by atoms with E-state index in [1.807, 2.05) is 6.92 Å². The second-order valence-electron chi connectivity index (χ2n) is 4.23. The monoisotopic (exact) mass is 260 g/mol. The van der Waals surface area contributed by atoms with Crippen LogP contribution in [0.4, 0.5) is 4.79 Å². The molecule has 7 nitrogen and oxygen atoms in total. The van der Waals surface area contributed by atoms with Crippen molar-refractivity contribution in [3.63, 3.8) is 0 Å². The van der Waals surface area contributed by atoms with Crippen LogP contribution in [0.1, 0.15) is 19.8 Å². The Morgan fingerprint density at radius 1 is 1.56 bits per heavy atom. The summed E-state index contributed by atoms with van der Waals surface area (Å²) in [6, 6.07) is -1.75. The minimum absolute atomic E-state index is 0.196. The van der Waals surface area contributed by atoms with Gasteiger partial charge in [-0.05, 0) is 6.42 Å². The first-order valence-corrected chi connectivity index (χ1v) is 6.08. The molecule has 7 heteroatoms. The molecular formula is C11H20N2O5. The van der Waals surface area contributed by atoms with Gasteiger partial charge in [0.05, 0.1) is 25.9 Å². The normalized spacial score (nSPS) is 21.4. The fraction of sp³-hybridized carbons (Fsp3) is 0.818. The first-order chi connectivity index (χ1) is 8.60. The first kappa shape index (κ1) is 14.7. The Kier molecular flexibility index (Phi) is 5.87. The molecule has 0 aromatic heterocycles. The number of amides is 2. The average Bonchev–Trinajstić information content (AvgIpc) is 2.37. The highest BCUT2D eigenvalue weighted by atomic mass is 16.5. The maximum Gasteiger partial charge on any atom is 0.326 e. The van der Waals surface area contributed by atoms with Crippen molar-refractivity contribution < 1.29 is 24.5 Å². The van der Waals surface area contributed by atoms with Crippen LogP contribution in [-0.4, -0.2) is 65.6 Å². The van der Waals surface area contributed by atoms with E-state index in [4.69, 9.17) is 14.9 Å². The van der Waals surface area contributed by atoms with Gasteiger partial charge in [0.25, 0.3) is 0 Å². The molecule has 2 atom stereocenters. The number of nitrogens with one attached hydrogen (secondary N) is 1. The number of urea groups is 1. The quantitative estimate of drug-likeness (QED) is 0.627. The number of aliphatic hydroxyl groups is 1. The zero-order valence-corrected chi connectivity index (χ0v) is 10.5. The van der Waals surface area contributed by atoms with Crippen molar-refractivity contribution in [2.45, 2.75) is 31.8 Å². The Morgan fingerprint density at radius 2 is 2.28 bits per heavy atom. The van der Waals surface area contributed by atoms with Crippen molar-refractivity contribution in [1.82, 2.24) is 10.2 Å². The second-order valence-corrected chi connectivity index (χ2v) is 4.23. The van der Waals surface area contributed by atoms with E-state index < -0.39 is 24.1 Å². The molecular weight excluding hydrogens is 240 g/mol. The molecule has 1 aliphatic rings. The molecule has 0 bridgehead atoms. The van der Waals surface area contributed by atoms with E-state index in [-0.39, 0.29) is 13.2 Å². The third-order valence-corrected chi connectivity index (χ3v) is 2.87. The lowest BCUT2D eigenvalue weighted by Gasteiger charge is -2.35. The molecule has 1 aliphatic heterocycles. The van der Waals surface area contributed by atoms with Crippen molar-refractivity contribution in [1.29, 1.82) is 0 Å². The Balaban J connectivity index is 2.58. The highest BCUT2D eigenvalue weighted by Crippen LogP contribution is 2.08. The molecule has 1 heterocycles. The van der Waals surface area contributed by atoms with E-state index in [1.165, 1.54) is 4.90 Å². The number of ether oxygens (including phenoxy) is 1. The molecule has 1 fully saturated rings. The fourth-order valence-corrected chi connectivity index (χ4v) is 1.85. The van der Waals surface area contributed by atoms with Gasteiger partial charge in [-0.2, -0.15) is 0 Å². The largest absolute Gasteiger partial charge is 0.480 e. The van der Waals surface area contributed by atoms with Crippen LogP contribution >= 0.6 is 0 Å². The molecule has 1 saturated heterocycles. The summed E-state index contributed by atoms with van der Waals surface area (Å²) in [5, 5.41) is 20.6. The maximum atomic E-state index is 11.9. The summed E-state index contributed by atoms with van der Waals surface area (Å²) in [4.78, 5) is 24.3. The predicted molar refractivity (Wildman–Crippen MR) is 63.3 cm³/mol. The summed E-state index contributed by atoms with van der Waals surface area (Å²) in [7, 11) is 0. The van der Waals surface area contributed by atoms with Crippen LogP contribution in [-0.2, 0) is 9.53 Å². The number of morpholine rings is 1. The molecule has 0 aliphatic carbocycles. The number of nitrogens with zero attached hydrogens (tertiary/aromatic N) is 1. The summed E-state index contributed by atoms with van der Waals surface area (Å²) < 4.78 is 5.16. The van der Waals surface area contributed by atoms with Crippen LogP contribution < -0.4 is 5.32 Å². The maximum absolute atomic E-state index is 11.9. The van der Waals surface area contributed by atoms with Gasteiger partial charge in [0.15, 0.2) is 0 Å². The summed E-state index contributed by atoms with van der Waals surface area (Å²) >= 11 is 0. The number of carboxylic acids is 1. The molecule has 18 heavy (non-hydrogen) atoms. The Bertz CT molecular complexity index is 297. The molecule has 0 saturated carbocycles.